The highest BCUT2D eigenvalue weighted by molar-refractivity contribution is 6.39. The van der Waals surface area contributed by atoms with Crippen LogP contribution in [0, 0.1) is 24.1 Å². The van der Waals surface area contributed by atoms with Crippen molar-refractivity contribution in [1.29, 1.82) is 5.26 Å². The number of nitrogens with zero attached hydrogens (tertiary/aromatic N) is 4. The van der Waals surface area contributed by atoms with Gasteiger partial charge in [-0.3, -0.25) is 9.79 Å². The summed E-state index contributed by atoms with van der Waals surface area (Å²) in [5, 5.41) is 9.18. The zero-order valence-corrected chi connectivity index (χ0v) is 20.8. The lowest BCUT2D eigenvalue weighted by atomic mass is 9.98. The van der Waals surface area contributed by atoms with Gasteiger partial charge in [-0.05, 0) is 68.5 Å². The third-order valence-electron chi connectivity index (χ3n) is 6.26. The van der Waals surface area contributed by atoms with Crippen molar-refractivity contribution in [3.05, 3.63) is 64.5 Å². The fraction of sp³-hybridized carbons (Fsp3) is 0.357. The second-order valence-corrected chi connectivity index (χ2v) is 8.71. The van der Waals surface area contributed by atoms with Crippen LogP contribution in [0.1, 0.15) is 62.3 Å². The monoisotopic (exact) mass is 473 g/mol. The van der Waals surface area contributed by atoms with Gasteiger partial charge in [-0.15, -0.1) is 0 Å². The number of Topliss-reactive ketones (excluding diaryl/α,β-unsaturated/α-hetero) is 1. The molecule has 0 radical (unpaired) electrons. The Hall–Kier alpha value is -3.63. The Morgan fingerprint density at radius 3 is 2.51 bits per heavy atom. The van der Waals surface area contributed by atoms with E-state index in [4.69, 9.17) is 10.7 Å². The number of allylic oxidation sites excluding steroid dienone is 1. The van der Waals surface area contributed by atoms with E-state index in [2.05, 4.69) is 4.99 Å². The molecule has 0 atom stereocenters. The van der Waals surface area contributed by atoms with Crippen molar-refractivity contribution < 1.29 is 9.18 Å². The molecule has 6 nitrogen and oxygen atoms in total. The Labute approximate surface area is 206 Å². The molecule has 0 aliphatic carbocycles. The van der Waals surface area contributed by atoms with Gasteiger partial charge in [0.05, 0.1) is 16.9 Å². The number of hydrogen-bond acceptors (Lipinski definition) is 5. The van der Waals surface area contributed by atoms with Gasteiger partial charge in [-0.25, -0.2) is 9.38 Å². The van der Waals surface area contributed by atoms with Crippen LogP contribution >= 0.6 is 0 Å². The molecular weight excluding hydrogens is 441 g/mol. The molecule has 0 bridgehead atoms. The number of amidine groups is 1. The van der Waals surface area contributed by atoms with Crippen molar-refractivity contribution in [3.63, 3.8) is 0 Å². The maximum Gasteiger partial charge on any atom is 0.197 e. The van der Waals surface area contributed by atoms with E-state index in [1.165, 1.54) is 12.1 Å². The number of aryl methyl sites for hydroxylation is 1. The summed E-state index contributed by atoms with van der Waals surface area (Å²) in [5.74, 6) is -0.351. The predicted molar refractivity (Wildman–Crippen MR) is 140 cm³/mol. The van der Waals surface area contributed by atoms with Crippen LogP contribution in [0.15, 0.2) is 46.4 Å². The lowest BCUT2D eigenvalue weighted by Crippen LogP contribution is -2.45. The molecule has 7 heteroatoms. The number of ketones is 1. The number of piperidine rings is 1. The highest BCUT2D eigenvalue weighted by Gasteiger charge is 2.24. The molecule has 0 unspecified atom stereocenters. The zero-order chi connectivity index (χ0) is 25.5. The Morgan fingerprint density at radius 2 is 1.91 bits per heavy atom. The number of rotatable bonds is 6. The number of hydrogen-bond donors (Lipinski definition) is 1. The SMILES string of the molecule is CC=Nc1cc(/C(C)=C(/N=C(C(=O)CC)N2CCC(N)CC2)c2ccc(C#N)c(F)c2)ccc1C. The van der Waals surface area contributed by atoms with Crippen LogP contribution < -0.4 is 5.73 Å². The Bertz CT molecular complexity index is 1230. The summed E-state index contributed by atoms with van der Waals surface area (Å²) >= 11 is 0. The largest absolute Gasteiger partial charge is 0.354 e. The Kier molecular flexibility index (Phi) is 8.67. The third kappa shape index (κ3) is 6.09. The number of carbonyl (C=O) groups is 1. The van der Waals surface area contributed by atoms with Gasteiger partial charge < -0.3 is 10.6 Å². The molecule has 2 N–H and O–H groups in total. The number of nitrogens with two attached hydrogens (primary N) is 1. The second-order valence-electron chi connectivity index (χ2n) is 8.71. The van der Waals surface area contributed by atoms with Gasteiger partial charge in [0.25, 0.3) is 0 Å². The fourth-order valence-corrected chi connectivity index (χ4v) is 4.06. The predicted octanol–water partition coefficient (Wildman–Crippen LogP) is 5.42. The van der Waals surface area contributed by atoms with E-state index in [-0.39, 0.29) is 17.4 Å². The summed E-state index contributed by atoms with van der Waals surface area (Å²) in [6.45, 7) is 8.83. The van der Waals surface area contributed by atoms with E-state index in [0.717, 1.165) is 35.2 Å². The maximum absolute atomic E-state index is 14.6. The summed E-state index contributed by atoms with van der Waals surface area (Å²) in [6.07, 6.45) is 3.58. The first-order valence-corrected chi connectivity index (χ1v) is 11.9. The van der Waals surface area contributed by atoms with Crippen LogP contribution in [0.2, 0.25) is 0 Å². The summed E-state index contributed by atoms with van der Waals surface area (Å²) in [6, 6.07) is 12.3. The van der Waals surface area contributed by atoms with Crippen LogP contribution in [0.25, 0.3) is 11.3 Å². The molecule has 1 aliphatic rings. The number of likely N-dealkylation sites (tertiary alicyclic amines) is 1. The average molecular weight is 474 g/mol. The summed E-state index contributed by atoms with van der Waals surface area (Å²) in [4.78, 5) is 24.3. The minimum atomic E-state index is -0.627. The van der Waals surface area contributed by atoms with Gasteiger partial charge in [-0.2, -0.15) is 5.26 Å². The minimum Gasteiger partial charge on any atom is -0.354 e. The van der Waals surface area contributed by atoms with E-state index >= 15 is 0 Å². The first kappa shape index (κ1) is 26.0. The second kappa shape index (κ2) is 11.7. The molecule has 0 spiro atoms. The molecule has 2 aromatic carbocycles. The van der Waals surface area contributed by atoms with Gasteiger partial charge in [0.1, 0.15) is 11.9 Å². The van der Waals surface area contributed by atoms with Crippen LogP contribution in [-0.2, 0) is 4.79 Å². The van der Waals surface area contributed by atoms with E-state index in [1.54, 1.807) is 19.2 Å². The van der Waals surface area contributed by atoms with Crippen molar-refractivity contribution >= 4 is 34.8 Å². The molecule has 2 aromatic rings. The van der Waals surface area contributed by atoms with Crippen LogP contribution in [0.5, 0.6) is 0 Å². The van der Waals surface area contributed by atoms with E-state index < -0.39 is 5.82 Å². The van der Waals surface area contributed by atoms with Crippen molar-refractivity contribution in [3.8, 4) is 6.07 Å². The number of aliphatic imine (C=N–C) groups is 2. The number of carbonyl (C=O) groups excluding carboxylic acids is 1. The zero-order valence-electron chi connectivity index (χ0n) is 20.8. The van der Waals surface area contributed by atoms with Crippen LogP contribution in [0.4, 0.5) is 10.1 Å². The van der Waals surface area contributed by atoms with Gasteiger partial charge >= 0.3 is 0 Å². The molecule has 0 amide bonds. The highest BCUT2D eigenvalue weighted by atomic mass is 19.1. The molecule has 3 rings (SSSR count). The van der Waals surface area contributed by atoms with Crippen molar-refractivity contribution in [2.45, 2.75) is 53.0 Å². The van der Waals surface area contributed by atoms with Gasteiger partial charge in [0.2, 0.25) is 0 Å². The molecule has 1 saturated heterocycles. The fourth-order valence-electron chi connectivity index (χ4n) is 4.06. The normalized spacial score (nSPS) is 15.8. The lowest BCUT2D eigenvalue weighted by Gasteiger charge is -2.32. The Balaban J connectivity index is 2.25. The van der Waals surface area contributed by atoms with Crippen molar-refractivity contribution in [2.24, 2.45) is 15.7 Å². The first-order chi connectivity index (χ1) is 16.8. The van der Waals surface area contributed by atoms with Gasteiger partial charge in [0, 0.05) is 37.3 Å². The topological polar surface area (TPSA) is 94.8 Å². The molecule has 1 heterocycles. The van der Waals surface area contributed by atoms with Crippen LogP contribution in [-0.4, -0.2) is 41.9 Å². The molecule has 35 heavy (non-hydrogen) atoms. The Morgan fingerprint density at radius 1 is 1.23 bits per heavy atom. The smallest absolute Gasteiger partial charge is 0.197 e. The summed E-state index contributed by atoms with van der Waals surface area (Å²) < 4.78 is 14.6. The van der Waals surface area contributed by atoms with Crippen molar-refractivity contribution in [1.82, 2.24) is 4.90 Å². The number of benzene rings is 2. The van der Waals surface area contributed by atoms with Crippen molar-refractivity contribution in [2.75, 3.05) is 13.1 Å². The average Bonchev–Trinajstić information content (AvgIpc) is 2.86. The minimum absolute atomic E-state index is 0.0421. The summed E-state index contributed by atoms with van der Waals surface area (Å²) in [5.41, 5.74) is 10.5. The molecule has 0 aromatic heterocycles. The summed E-state index contributed by atoms with van der Waals surface area (Å²) in [7, 11) is 0. The maximum atomic E-state index is 14.6. The quantitative estimate of drug-likeness (QED) is 0.344. The van der Waals surface area contributed by atoms with E-state index in [9.17, 15) is 14.4 Å². The molecule has 1 aliphatic heterocycles. The lowest BCUT2D eigenvalue weighted by molar-refractivity contribution is -0.113. The third-order valence-corrected chi connectivity index (χ3v) is 6.26. The highest BCUT2D eigenvalue weighted by Crippen LogP contribution is 2.32. The first-order valence-electron chi connectivity index (χ1n) is 11.9. The molecule has 1 fully saturated rings. The molecular formula is C28H32FN5O. The number of halogens is 1. The van der Waals surface area contributed by atoms with Crippen LogP contribution in [0.3, 0.4) is 0 Å². The van der Waals surface area contributed by atoms with E-state index in [0.29, 0.717) is 36.6 Å². The van der Waals surface area contributed by atoms with Gasteiger partial charge in [-0.1, -0.05) is 25.1 Å². The van der Waals surface area contributed by atoms with Gasteiger partial charge in [0.15, 0.2) is 11.6 Å². The molecule has 0 saturated carbocycles. The number of nitriles is 1. The molecule has 182 valence electrons. The van der Waals surface area contributed by atoms with E-state index in [1.807, 2.05) is 49.9 Å². The standard InChI is InChI=1S/C28H32FN5O/c1-5-26(35)28(34-13-11-23(31)12-14-34)33-27(21-9-10-22(17-30)24(29)15-21)19(4)20-8-7-18(3)25(16-20)32-6-2/h6-10,15-16,23H,5,11-14,31H2,1-4H3/b27-19+,32-6?,33-28?.